The molecule has 1 aromatic heterocycles. The summed E-state index contributed by atoms with van der Waals surface area (Å²) in [6.45, 7) is 0. The molecule has 1 N–H and O–H groups in total. The van der Waals surface area contributed by atoms with E-state index >= 15 is 0 Å². The number of phenols is 1. The lowest BCUT2D eigenvalue weighted by Gasteiger charge is -2.30. The third kappa shape index (κ3) is 3.92. The molecule has 6 aromatic carbocycles. The third-order valence-corrected chi connectivity index (χ3v) is 7.18. The van der Waals surface area contributed by atoms with E-state index in [2.05, 4.69) is 65.6 Å². The Labute approximate surface area is 226 Å². The summed E-state index contributed by atoms with van der Waals surface area (Å²) in [4.78, 5) is 2.23. The first kappa shape index (κ1) is 22.9. The third-order valence-electron chi connectivity index (χ3n) is 7.18. The molecule has 186 valence electrons. The number of para-hydroxylation sites is 3. The van der Waals surface area contributed by atoms with Crippen molar-refractivity contribution in [3.8, 4) is 28.0 Å². The molecule has 7 rings (SSSR count). The van der Waals surface area contributed by atoms with E-state index in [-0.39, 0.29) is 5.75 Å². The maximum atomic E-state index is 11.2. The van der Waals surface area contributed by atoms with Crippen LogP contribution in [0.15, 0.2) is 150 Å². The van der Waals surface area contributed by atoms with Crippen LogP contribution in [-0.4, -0.2) is 5.11 Å². The van der Waals surface area contributed by atoms with E-state index in [1.54, 1.807) is 6.07 Å². The quantitative estimate of drug-likeness (QED) is 0.254. The number of phenolic OH excluding ortho intramolecular Hbond substituents is 1. The Balaban J connectivity index is 1.54. The minimum Gasteiger partial charge on any atom is -0.507 e. The van der Waals surface area contributed by atoms with Crippen LogP contribution in [0.5, 0.6) is 5.75 Å². The monoisotopic (exact) mass is 503 g/mol. The van der Waals surface area contributed by atoms with Gasteiger partial charge in [-0.25, -0.2) is 0 Å². The van der Waals surface area contributed by atoms with Gasteiger partial charge in [0.25, 0.3) is 0 Å². The normalized spacial score (nSPS) is 11.2. The van der Waals surface area contributed by atoms with Gasteiger partial charge >= 0.3 is 0 Å². The Morgan fingerprint density at radius 3 is 1.95 bits per heavy atom. The molecule has 0 saturated heterocycles. The zero-order valence-corrected chi connectivity index (χ0v) is 21.2. The second-order valence-electron chi connectivity index (χ2n) is 9.50. The fraction of sp³-hybridized carbons (Fsp3) is 0. The van der Waals surface area contributed by atoms with Crippen LogP contribution in [0.25, 0.3) is 44.2 Å². The highest BCUT2D eigenvalue weighted by molar-refractivity contribution is 6.14. The van der Waals surface area contributed by atoms with Crippen LogP contribution in [0, 0.1) is 0 Å². The van der Waals surface area contributed by atoms with Gasteiger partial charge in [-0.3, -0.25) is 0 Å². The number of nitrogens with zero attached hydrogens (tertiary/aromatic N) is 1. The van der Waals surface area contributed by atoms with Gasteiger partial charge in [-0.1, -0.05) is 103 Å². The number of hydrogen-bond acceptors (Lipinski definition) is 3. The lowest BCUT2D eigenvalue weighted by atomic mass is 9.95. The predicted octanol–water partition coefficient (Wildman–Crippen LogP) is 10.1. The first-order chi connectivity index (χ1) is 19.3. The maximum absolute atomic E-state index is 11.2. The minimum absolute atomic E-state index is 0.236. The molecule has 0 radical (unpaired) electrons. The standard InChI is InChI=1S/C36H25NO2/c38-32-22-12-21-31(35(32)25-13-3-1-4-14-25)37(26-15-5-2-6-16-26)30-20-9-7-17-27(30)28-19-11-24-34-36(28)29-18-8-10-23-33(29)39-34/h1-24,38H. The Morgan fingerprint density at radius 1 is 0.487 bits per heavy atom. The largest absolute Gasteiger partial charge is 0.507 e. The number of benzene rings is 6. The molecule has 0 amide bonds. The van der Waals surface area contributed by atoms with Gasteiger partial charge in [0, 0.05) is 27.6 Å². The van der Waals surface area contributed by atoms with Gasteiger partial charge in [0.2, 0.25) is 0 Å². The highest BCUT2D eigenvalue weighted by atomic mass is 16.3. The van der Waals surface area contributed by atoms with Gasteiger partial charge < -0.3 is 14.4 Å². The molecular weight excluding hydrogens is 478 g/mol. The van der Waals surface area contributed by atoms with Crippen LogP contribution in [-0.2, 0) is 0 Å². The number of rotatable bonds is 5. The van der Waals surface area contributed by atoms with Gasteiger partial charge in [0.05, 0.1) is 11.4 Å². The van der Waals surface area contributed by atoms with Crippen molar-refractivity contribution >= 4 is 39.0 Å². The SMILES string of the molecule is Oc1cccc(N(c2ccccc2)c2ccccc2-c2cccc3oc4ccccc4c23)c1-c1ccccc1. The number of anilines is 3. The number of aromatic hydroxyl groups is 1. The Kier molecular flexibility index (Phi) is 5.60. The van der Waals surface area contributed by atoms with Gasteiger partial charge in [-0.05, 0) is 53.6 Å². The molecule has 39 heavy (non-hydrogen) atoms. The average Bonchev–Trinajstić information content (AvgIpc) is 3.38. The van der Waals surface area contributed by atoms with Crippen molar-refractivity contribution in [1.29, 1.82) is 0 Å². The fourth-order valence-corrected chi connectivity index (χ4v) is 5.50. The molecule has 0 aliphatic heterocycles. The molecule has 0 saturated carbocycles. The molecule has 0 aliphatic rings. The summed E-state index contributed by atoms with van der Waals surface area (Å²) in [6.07, 6.45) is 0. The van der Waals surface area contributed by atoms with Crippen molar-refractivity contribution in [3.05, 3.63) is 146 Å². The highest BCUT2D eigenvalue weighted by Gasteiger charge is 2.23. The molecule has 0 atom stereocenters. The number of fused-ring (bicyclic) bond motifs is 3. The summed E-state index contributed by atoms with van der Waals surface area (Å²) in [5, 5.41) is 13.3. The number of furan rings is 1. The van der Waals surface area contributed by atoms with Gasteiger partial charge in [0.1, 0.15) is 16.9 Å². The molecule has 0 spiro atoms. The summed E-state index contributed by atoms with van der Waals surface area (Å²) in [5.74, 6) is 0.236. The summed E-state index contributed by atoms with van der Waals surface area (Å²) >= 11 is 0. The van der Waals surface area contributed by atoms with E-state index in [0.29, 0.717) is 0 Å². The summed E-state index contributed by atoms with van der Waals surface area (Å²) in [6, 6.07) is 48.9. The van der Waals surface area contributed by atoms with Gasteiger partial charge in [-0.2, -0.15) is 0 Å². The lowest BCUT2D eigenvalue weighted by molar-refractivity contribution is 0.477. The number of hydrogen-bond donors (Lipinski definition) is 1. The van der Waals surface area contributed by atoms with Gasteiger partial charge in [0.15, 0.2) is 0 Å². The highest BCUT2D eigenvalue weighted by Crippen LogP contribution is 2.48. The minimum atomic E-state index is 0.236. The maximum Gasteiger partial charge on any atom is 0.136 e. The zero-order valence-electron chi connectivity index (χ0n) is 21.2. The topological polar surface area (TPSA) is 36.6 Å². The van der Waals surface area contributed by atoms with E-state index < -0.39 is 0 Å². The summed E-state index contributed by atoms with van der Waals surface area (Å²) in [7, 11) is 0. The van der Waals surface area contributed by atoms with Crippen molar-refractivity contribution in [2.24, 2.45) is 0 Å². The molecule has 1 heterocycles. The second-order valence-corrected chi connectivity index (χ2v) is 9.50. The average molecular weight is 504 g/mol. The van der Waals surface area contributed by atoms with Crippen LogP contribution in [0.3, 0.4) is 0 Å². The summed E-state index contributed by atoms with van der Waals surface area (Å²) in [5.41, 5.74) is 8.52. The van der Waals surface area contributed by atoms with Crippen LogP contribution in [0.2, 0.25) is 0 Å². The Hall–Kier alpha value is -5.28. The van der Waals surface area contributed by atoms with Crippen LogP contribution in [0.4, 0.5) is 17.1 Å². The smallest absolute Gasteiger partial charge is 0.136 e. The van der Waals surface area contributed by atoms with Crippen molar-refractivity contribution in [1.82, 2.24) is 0 Å². The van der Waals surface area contributed by atoms with Crippen molar-refractivity contribution < 1.29 is 9.52 Å². The van der Waals surface area contributed by atoms with E-state index in [1.807, 2.05) is 78.9 Å². The molecule has 0 aliphatic carbocycles. The van der Waals surface area contributed by atoms with E-state index in [1.165, 1.54) is 0 Å². The molecule has 0 fully saturated rings. The van der Waals surface area contributed by atoms with E-state index in [9.17, 15) is 5.11 Å². The zero-order chi connectivity index (χ0) is 26.2. The molecular formula is C36H25NO2. The van der Waals surface area contributed by atoms with Gasteiger partial charge in [-0.15, -0.1) is 0 Å². The Morgan fingerprint density at radius 2 is 1.10 bits per heavy atom. The van der Waals surface area contributed by atoms with Crippen molar-refractivity contribution in [3.63, 3.8) is 0 Å². The second kappa shape index (κ2) is 9.55. The fourth-order valence-electron chi connectivity index (χ4n) is 5.50. The van der Waals surface area contributed by atoms with Crippen molar-refractivity contribution in [2.45, 2.75) is 0 Å². The Bertz CT molecular complexity index is 1920. The summed E-state index contributed by atoms with van der Waals surface area (Å²) < 4.78 is 6.23. The molecule has 7 aromatic rings. The van der Waals surface area contributed by atoms with Crippen LogP contribution < -0.4 is 4.90 Å². The van der Waals surface area contributed by atoms with E-state index in [0.717, 1.165) is 61.3 Å². The molecule has 3 nitrogen and oxygen atoms in total. The molecule has 0 unspecified atom stereocenters. The van der Waals surface area contributed by atoms with E-state index in [4.69, 9.17) is 4.42 Å². The molecule has 3 heteroatoms. The molecule has 0 bridgehead atoms. The van der Waals surface area contributed by atoms with Crippen LogP contribution >= 0.6 is 0 Å². The lowest BCUT2D eigenvalue weighted by Crippen LogP contribution is -2.12. The van der Waals surface area contributed by atoms with Crippen molar-refractivity contribution in [2.75, 3.05) is 4.90 Å². The predicted molar refractivity (Wildman–Crippen MR) is 161 cm³/mol. The first-order valence-electron chi connectivity index (χ1n) is 13.0. The first-order valence-corrected chi connectivity index (χ1v) is 13.0. The van der Waals surface area contributed by atoms with Crippen LogP contribution in [0.1, 0.15) is 0 Å².